The monoisotopic (exact) mass is 406 g/mol. The van der Waals surface area contributed by atoms with E-state index in [0.29, 0.717) is 0 Å². The first-order chi connectivity index (χ1) is 14.6. The third-order valence-corrected chi connectivity index (χ3v) is 6.14. The normalized spacial score (nSPS) is 22.2. The van der Waals surface area contributed by atoms with Gasteiger partial charge in [-0.05, 0) is 42.2 Å². The first kappa shape index (κ1) is 20.3. The Morgan fingerprint density at radius 3 is 2.43 bits per heavy atom. The minimum atomic E-state index is -1.02. The molecule has 1 saturated heterocycles. The van der Waals surface area contributed by atoms with Crippen LogP contribution in [-0.2, 0) is 16.1 Å². The third kappa shape index (κ3) is 4.30. The smallest absolute Gasteiger partial charge is 0.250 e. The van der Waals surface area contributed by atoms with Gasteiger partial charge in [0.1, 0.15) is 11.4 Å². The van der Waals surface area contributed by atoms with E-state index in [0.717, 1.165) is 36.8 Å². The van der Waals surface area contributed by atoms with Crippen LogP contribution < -0.4 is 5.32 Å². The van der Waals surface area contributed by atoms with E-state index in [4.69, 9.17) is 0 Å². The summed E-state index contributed by atoms with van der Waals surface area (Å²) >= 11 is 0. The van der Waals surface area contributed by atoms with Crippen molar-refractivity contribution in [2.45, 2.75) is 56.7 Å². The largest absolute Gasteiger partial charge is 0.351 e. The Labute approximate surface area is 176 Å². The zero-order chi connectivity index (χ0) is 21.0. The summed E-state index contributed by atoms with van der Waals surface area (Å²) < 4.78 is 13.3. The molecule has 1 heterocycles. The molecule has 1 aliphatic heterocycles. The molecule has 2 aromatic carbocycles. The number of nitrogens with zero attached hydrogens (tertiary/aromatic N) is 1. The molecule has 5 heteroatoms. The minimum Gasteiger partial charge on any atom is -0.351 e. The molecule has 1 unspecified atom stereocenters. The van der Waals surface area contributed by atoms with E-state index in [9.17, 15) is 14.0 Å². The van der Waals surface area contributed by atoms with Crippen LogP contribution in [0.4, 0.5) is 4.39 Å². The summed E-state index contributed by atoms with van der Waals surface area (Å²) in [7, 11) is 0. The molecule has 2 aliphatic rings. The van der Waals surface area contributed by atoms with E-state index in [2.05, 4.69) is 5.32 Å². The molecular formula is C25H27FN2O2. The minimum absolute atomic E-state index is 0.0733. The van der Waals surface area contributed by atoms with Crippen molar-refractivity contribution in [1.29, 1.82) is 0 Å². The van der Waals surface area contributed by atoms with E-state index in [1.54, 1.807) is 17.0 Å². The molecule has 0 aromatic heterocycles. The maximum atomic E-state index is 13.4. The van der Waals surface area contributed by atoms with Crippen LogP contribution in [0.15, 0.2) is 60.7 Å². The van der Waals surface area contributed by atoms with Crippen LogP contribution >= 0.6 is 0 Å². The molecular weight excluding hydrogens is 379 g/mol. The highest BCUT2D eigenvalue weighted by Gasteiger charge is 2.54. The van der Waals surface area contributed by atoms with Gasteiger partial charge in [-0.2, -0.15) is 0 Å². The van der Waals surface area contributed by atoms with Gasteiger partial charge in [0.05, 0.1) is 6.42 Å². The average Bonchev–Trinajstić information content (AvgIpc) is 2.77. The van der Waals surface area contributed by atoms with Gasteiger partial charge < -0.3 is 10.2 Å². The van der Waals surface area contributed by atoms with Crippen molar-refractivity contribution in [3.8, 4) is 0 Å². The zero-order valence-corrected chi connectivity index (χ0v) is 17.0. The highest BCUT2D eigenvalue weighted by atomic mass is 19.1. The molecule has 4 rings (SSSR count). The SMILES string of the molecule is O=C1CC(C=Cc2ccccc2)(C(=O)NC2CCCCC2)N1Cc1ccc(F)cc1. The van der Waals surface area contributed by atoms with Crippen LogP contribution in [0.5, 0.6) is 0 Å². The molecule has 2 amide bonds. The second-order valence-corrected chi connectivity index (χ2v) is 8.26. The molecule has 0 spiro atoms. The number of rotatable bonds is 6. The molecule has 2 aromatic rings. The molecule has 1 N–H and O–H groups in total. The van der Waals surface area contributed by atoms with Crippen molar-refractivity contribution < 1.29 is 14.0 Å². The maximum absolute atomic E-state index is 13.4. The maximum Gasteiger partial charge on any atom is 0.250 e. The number of halogens is 1. The number of benzene rings is 2. The first-order valence-electron chi connectivity index (χ1n) is 10.7. The van der Waals surface area contributed by atoms with Crippen molar-refractivity contribution in [2.24, 2.45) is 0 Å². The fourth-order valence-corrected chi connectivity index (χ4v) is 4.34. The number of hydrogen-bond donors (Lipinski definition) is 1. The van der Waals surface area contributed by atoms with Crippen molar-refractivity contribution in [3.05, 3.63) is 77.6 Å². The topological polar surface area (TPSA) is 49.4 Å². The molecule has 1 saturated carbocycles. The van der Waals surface area contributed by atoms with Crippen LogP contribution in [0.2, 0.25) is 0 Å². The van der Waals surface area contributed by atoms with Crippen LogP contribution in [0, 0.1) is 5.82 Å². The van der Waals surface area contributed by atoms with E-state index in [-0.39, 0.29) is 36.6 Å². The Hall–Kier alpha value is -2.95. The van der Waals surface area contributed by atoms with Gasteiger partial charge in [-0.3, -0.25) is 9.59 Å². The molecule has 1 aliphatic carbocycles. The van der Waals surface area contributed by atoms with Crippen molar-refractivity contribution in [2.75, 3.05) is 0 Å². The Kier molecular flexibility index (Phi) is 5.98. The highest BCUT2D eigenvalue weighted by molar-refractivity contribution is 6.03. The van der Waals surface area contributed by atoms with Gasteiger partial charge in [0.25, 0.3) is 5.91 Å². The van der Waals surface area contributed by atoms with Crippen molar-refractivity contribution in [3.63, 3.8) is 0 Å². The number of carbonyl (C=O) groups excluding carboxylic acids is 2. The molecule has 0 bridgehead atoms. The standard InChI is InChI=1S/C25H27FN2O2/c26-21-13-11-20(12-14-21)18-28-23(29)17-25(28,16-15-19-7-3-1-4-8-19)24(30)27-22-9-5-2-6-10-22/h1,3-4,7-8,11-16,22H,2,5-6,9-10,17-18H2,(H,27,30). The lowest BCUT2D eigenvalue weighted by Crippen LogP contribution is -2.69. The van der Waals surface area contributed by atoms with Crippen LogP contribution in [-0.4, -0.2) is 28.3 Å². The fraction of sp³-hybridized carbons (Fsp3) is 0.360. The Morgan fingerprint density at radius 1 is 1.07 bits per heavy atom. The molecule has 1 atom stereocenters. The lowest BCUT2D eigenvalue weighted by molar-refractivity contribution is -0.162. The number of likely N-dealkylation sites (tertiary alicyclic amines) is 1. The summed E-state index contributed by atoms with van der Waals surface area (Å²) in [5.41, 5.74) is 0.759. The van der Waals surface area contributed by atoms with Gasteiger partial charge in [-0.25, -0.2) is 4.39 Å². The average molecular weight is 407 g/mol. The molecule has 4 nitrogen and oxygen atoms in total. The molecule has 0 radical (unpaired) electrons. The number of carbonyl (C=O) groups is 2. The predicted molar refractivity (Wildman–Crippen MR) is 115 cm³/mol. The molecule has 2 fully saturated rings. The highest BCUT2D eigenvalue weighted by Crippen LogP contribution is 2.37. The third-order valence-electron chi connectivity index (χ3n) is 6.14. The van der Waals surface area contributed by atoms with E-state index >= 15 is 0 Å². The van der Waals surface area contributed by atoms with Gasteiger partial charge in [-0.1, -0.05) is 67.8 Å². The van der Waals surface area contributed by atoms with Crippen molar-refractivity contribution >= 4 is 17.9 Å². The van der Waals surface area contributed by atoms with Crippen LogP contribution in [0.25, 0.3) is 6.08 Å². The second kappa shape index (κ2) is 8.82. The summed E-state index contributed by atoms with van der Waals surface area (Å²) in [6.45, 7) is 0.274. The van der Waals surface area contributed by atoms with Gasteiger partial charge in [-0.15, -0.1) is 0 Å². The van der Waals surface area contributed by atoms with Gasteiger partial charge in [0.2, 0.25) is 5.91 Å². The lowest BCUT2D eigenvalue weighted by Gasteiger charge is -2.49. The summed E-state index contributed by atoms with van der Waals surface area (Å²) in [6, 6.07) is 16.0. The molecule has 156 valence electrons. The number of hydrogen-bond acceptors (Lipinski definition) is 2. The summed E-state index contributed by atoms with van der Waals surface area (Å²) in [5.74, 6) is -0.516. The summed E-state index contributed by atoms with van der Waals surface area (Å²) in [5, 5.41) is 3.20. The van der Waals surface area contributed by atoms with Crippen LogP contribution in [0.1, 0.15) is 49.7 Å². The first-order valence-corrected chi connectivity index (χ1v) is 10.7. The van der Waals surface area contributed by atoms with Gasteiger partial charge in [0, 0.05) is 12.6 Å². The lowest BCUT2D eigenvalue weighted by atomic mass is 9.80. The van der Waals surface area contributed by atoms with Gasteiger partial charge >= 0.3 is 0 Å². The second-order valence-electron chi connectivity index (χ2n) is 8.26. The predicted octanol–water partition coefficient (Wildman–Crippen LogP) is 4.46. The van der Waals surface area contributed by atoms with E-state index in [1.807, 2.05) is 42.5 Å². The number of amides is 2. The summed E-state index contributed by atoms with van der Waals surface area (Å²) in [6.07, 6.45) is 9.32. The Balaban J connectivity index is 1.60. The van der Waals surface area contributed by atoms with Gasteiger partial charge in [0.15, 0.2) is 0 Å². The quantitative estimate of drug-likeness (QED) is 0.720. The number of β-lactam (4-membered cyclic amide) rings is 1. The summed E-state index contributed by atoms with van der Waals surface area (Å²) in [4.78, 5) is 27.6. The fourth-order valence-electron chi connectivity index (χ4n) is 4.34. The van der Waals surface area contributed by atoms with Crippen LogP contribution in [0.3, 0.4) is 0 Å². The molecule has 30 heavy (non-hydrogen) atoms. The van der Waals surface area contributed by atoms with Crippen molar-refractivity contribution in [1.82, 2.24) is 10.2 Å². The Morgan fingerprint density at radius 2 is 1.77 bits per heavy atom. The zero-order valence-electron chi connectivity index (χ0n) is 17.0. The Bertz CT molecular complexity index is 920. The number of nitrogens with one attached hydrogen (secondary N) is 1. The van der Waals surface area contributed by atoms with E-state index < -0.39 is 5.54 Å². The van der Waals surface area contributed by atoms with E-state index in [1.165, 1.54) is 18.6 Å².